The molecule has 0 aliphatic rings. The van der Waals surface area contributed by atoms with Crippen molar-refractivity contribution in [2.45, 2.75) is 59.7 Å². The minimum Gasteiger partial charge on any atom is -0.483 e. The van der Waals surface area contributed by atoms with Crippen molar-refractivity contribution in [3.63, 3.8) is 0 Å². The van der Waals surface area contributed by atoms with E-state index in [9.17, 15) is 9.59 Å². The molecule has 0 aliphatic heterocycles. The molecule has 2 aromatic rings. The number of benzene rings is 2. The molecule has 0 spiro atoms. The Morgan fingerprint density at radius 2 is 1.83 bits per heavy atom. The van der Waals surface area contributed by atoms with Crippen LogP contribution in [0.2, 0.25) is 5.02 Å². The van der Waals surface area contributed by atoms with Crippen molar-refractivity contribution in [3.05, 3.63) is 64.2 Å². The molecule has 5 nitrogen and oxygen atoms in total. The Morgan fingerprint density at radius 3 is 2.43 bits per heavy atom. The van der Waals surface area contributed by atoms with Gasteiger partial charge in [0.15, 0.2) is 6.61 Å². The summed E-state index contributed by atoms with van der Waals surface area (Å²) in [4.78, 5) is 27.4. The van der Waals surface area contributed by atoms with Crippen LogP contribution >= 0.6 is 11.6 Å². The maximum absolute atomic E-state index is 13.1. The predicted molar refractivity (Wildman–Crippen MR) is 121 cm³/mol. The van der Waals surface area contributed by atoms with Gasteiger partial charge in [0, 0.05) is 17.1 Å². The molecule has 0 heterocycles. The molecule has 0 radical (unpaired) electrons. The largest absolute Gasteiger partial charge is 0.483 e. The zero-order valence-electron chi connectivity index (χ0n) is 18.6. The van der Waals surface area contributed by atoms with Crippen LogP contribution < -0.4 is 10.1 Å². The van der Waals surface area contributed by atoms with Gasteiger partial charge < -0.3 is 15.0 Å². The van der Waals surface area contributed by atoms with Crippen LogP contribution in [0.4, 0.5) is 0 Å². The predicted octanol–water partition coefficient (Wildman–Crippen LogP) is 4.67. The topological polar surface area (TPSA) is 58.6 Å². The molecule has 2 rings (SSSR count). The lowest BCUT2D eigenvalue weighted by atomic mass is 10.1. The highest BCUT2D eigenvalue weighted by atomic mass is 35.5. The molecule has 30 heavy (non-hydrogen) atoms. The van der Waals surface area contributed by atoms with E-state index in [1.165, 1.54) is 4.90 Å². The number of carbonyl (C=O) groups excluding carboxylic acids is 2. The summed E-state index contributed by atoms with van der Waals surface area (Å²) in [5, 5.41) is 3.52. The van der Waals surface area contributed by atoms with Gasteiger partial charge in [-0.3, -0.25) is 9.59 Å². The Morgan fingerprint density at radius 1 is 1.13 bits per heavy atom. The number of carbonyl (C=O) groups is 2. The molecule has 0 fully saturated rings. The van der Waals surface area contributed by atoms with Crippen molar-refractivity contribution >= 4 is 23.4 Å². The molecule has 1 atom stereocenters. The minimum atomic E-state index is -0.668. The van der Waals surface area contributed by atoms with Gasteiger partial charge in [0.2, 0.25) is 5.91 Å². The second kappa shape index (κ2) is 9.98. The molecular weight excluding hydrogens is 400 g/mol. The van der Waals surface area contributed by atoms with Crippen molar-refractivity contribution in [2.24, 2.45) is 0 Å². The molecular formula is C24H31ClN2O3. The van der Waals surface area contributed by atoms with Gasteiger partial charge in [-0.05, 0) is 70.9 Å². The van der Waals surface area contributed by atoms with E-state index in [1.807, 2.05) is 65.0 Å². The van der Waals surface area contributed by atoms with Gasteiger partial charge in [-0.2, -0.15) is 0 Å². The van der Waals surface area contributed by atoms with E-state index in [0.717, 1.165) is 16.7 Å². The Hall–Kier alpha value is -2.53. The minimum absolute atomic E-state index is 0.155. The Balaban J connectivity index is 2.20. The number of nitrogens with zero attached hydrogens (tertiary/aromatic N) is 1. The van der Waals surface area contributed by atoms with Gasteiger partial charge in [0.05, 0.1) is 0 Å². The zero-order chi connectivity index (χ0) is 22.5. The number of nitrogens with one attached hydrogen (secondary N) is 1. The van der Waals surface area contributed by atoms with Gasteiger partial charge in [0.25, 0.3) is 5.91 Å². The molecule has 0 aliphatic carbocycles. The number of rotatable bonds is 7. The summed E-state index contributed by atoms with van der Waals surface area (Å²) >= 11 is 6.10. The van der Waals surface area contributed by atoms with Crippen molar-refractivity contribution in [1.29, 1.82) is 0 Å². The molecule has 1 N–H and O–H groups in total. The van der Waals surface area contributed by atoms with E-state index in [1.54, 1.807) is 19.1 Å². The van der Waals surface area contributed by atoms with Gasteiger partial charge in [-0.1, -0.05) is 41.4 Å². The first-order chi connectivity index (χ1) is 14.0. The first-order valence-corrected chi connectivity index (χ1v) is 10.4. The van der Waals surface area contributed by atoms with Crippen LogP contribution in [0.25, 0.3) is 0 Å². The molecule has 0 unspecified atom stereocenters. The average Bonchev–Trinajstić information content (AvgIpc) is 2.63. The molecule has 0 bridgehead atoms. The number of hydrogen-bond donors (Lipinski definition) is 1. The van der Waals surface area contributed by atoms with Crippen LogP contribution in [0, 0.1) is 13.8 Å². The normalized spacial score (nSPS) is 12.2. The molecule has 0 saturated heterocycles. The fourth-order valence-electron chi connectivity index (χ4n) is 3.07. The second-order valence-electron chi connectivity index (χ2n) is 8.62. The third-order valence-corrected chi connectivity index (χ3v) is 4.82. The van der Waals surface area contributed by atoms with Gasteiger partial charge >= 0.3 is 0 Å². The Labute approximate surface area is 184 Å². The quantitative estimate of drug-likeness (QED) is 0.694. The highest BCUT2D eigenvalue weighted by molar-refractivity contribution is 6.30. The average molecular weight is 431 g/mol. The van der Waals surface area contributed by atoms with Crippen molar-refractivity contribution in [1.82, 2.24) is 10.2 Å². The van der Waals surface area contributed by atoms with Crippen molar-refractivity contribution in [2.75, 3.05) is 6.61 Å². The van der Waals surface area contributed by atoms with Crippen LogP contribution in [-0.2, 0) is 16.1 Å². The SMILES string of the molecule is Cc1ccc(OCC(=O)N(Cc2cccc(Cl)c2)[C@H](C)C(=O)NC(C)(C)C)c(C)c1. The van der Waals surface area contributed by atoms with E-state index in [-0.39, 0.29) is 25.0 Å². The van der Waals surface area contributed by atoms with Gasteiger partial charge in [-0.25, -0.2) is 0 Å². The Bertz CT molecular complexity index is 906. The third kappa shape index (κ3) is 7.06. The summed E-state index contributed by atoms with van der Waals surface area (Å²) in [5.41, 5.74) is 2.53. The Kier molecular flexibility index (Phi) is 7.90. The maximum atomic E-state index is 13.1. The van der Waals surface area contributed by atoms with Crippen LogP contribution in [0.1, 0.15) is 44.4 Å². The molecule has 2 aromatic carbocycles. The monoisotopic (exact) mass is 430 g/mol. The smallest absolute Gasteiger partial charge is 0.261 e. The third-order valence-electron chi connectivity index (χ3n) is 4.59. The van der Waals surface area contributed by atoms with E-state index in [0.29, 0.717) is 10.8 Å². The van der Waals surface area contributed by atoms with E-state index < -0.39 is 11.6 Å². The summed E-state index contributed by atoms with van der Waals surface area (Å²) in [6, 6.07) is 12.4. The number of aryl methyl sites for hydroxylation is 2. The molecule has 6 heteroatoms. The lowest BCUT2D eigenvalue weighted by Crippen LogP contribution is -2.53. The first-order valence-electron chi connectivity index (χ1n) is 10.0. The van der Waals surface area contributed by atoms with Crippen molar-refractivity contribution < 1.29 is 14.3 Å². The van der Waals surface area contributed by atoms with Crippen LogP contribution in [0.15, 0.2) is 42.5 Å². The van der Waals surface area contributed by atoms with E-state index >= 15 is 0 Å². The van der Waals surface area contributed by atoms with Crippen LogP contribution in [0.3, 0.4) is 0 Å². The highest BCUT2D eigenvalue weighted by Gasteiger charge is 2.28. The standard InChI is InChI=1S/C24H31ClN2O3/c1-16-10-11-21(17(2)12-16)30-15-22(28)27(14-19-8-7-9-20(25)13-19)18(3)23(29)26-24(4,5)6/h7-13,18H,14-15H2,1-6H3,(H,26,29)/t18-/m1/s1. The molecule has 162 valence electrons. The summed E-state index contributed by atoms with van der Waals surface area (Å²) in [7, 11) is 0. The van der Waals surface area contributed by atoms with Gasteiger partial charge in [0.1, 0.15) is 11.8 Å². The number of hydrogen-bond acceptors (Lipinski definition) is 3. The summed E-state index contributed by atoms with van der Waals surface area (Å²) in [6.07, 6.45) is 0. The van der Waals surface area contributed by atoms with Crippen LogP contribution in [0.5, 0.6) is 5.75 Å². The molecule has 0 saturated carbocycles. The molecule has 2 amide bonds. The highest BCUT2D eigenvalue weighted by Crippen LogP contribution is 2.20. The fourth-order valence-corrected chi connectivity index (χ4v) is 3.29. The number of amides is 2. The number of halogens is 1. The van der Waals surface area contributed by atoms with Crippen molar-refractivity contribution in [3.8, 4) is 5.75 Å². The van der Waals surface area contributed by atoms with E-state index in [2.05, 4.69) is 5.32 Å². The van der Waals surface area contributed by atoms with Gasteiger partial charge in [-0.15, -0.1) is 0 Å². The van der Waals surface area contributed by atoms with E-state index in [4.69, 9.17) is 16.3 Å². The summed E-state index contributed by atoms with van der Waals surface area (Å²) in [6.45, 7) is 11.5. The summed E-state index contributed by atoms with van der Waals surface area (Å²) in [5.74, 6) is 0.166. The lowest BCUT2D eigenvalue weighted by Gasteiger charge is -2.31. The summed E-state index contributed by atoms with van der Waals surface area (Å²) < 4.78 is 5.78. The maximum Gasteiger partial charge on any atom is 0.261 e. The first kappa shape index (κ1) is 23.7. The second-order valence-corrected chi connectivity index (χ2v) is 9.06. The lowest BCUT2D eigenvalue weighted by molar-refractivity contribution is -0.142. The van der Waals surface area contributed by atoms with Crippen LogP contribution in [-0.4, -0.2) is 34.9 Å². The fraction of sp³-hybridized carbons (Fsp3) is 0.417. The number of ether oxygens (including phenoxy) is 1. The zero-order valence-corrected chi connectivity index (χ0v) is 19.3. The molecule has 0 aromatic heterocycles.